The molecule has 38 heavy (non-hydrogen) atoms. The smallest absolute Gasteiger partial charge is 0.416 e. The standard InChI is InChI=1S/C26H22F3N3O6/c1-13-19(25(36)38-14(2)24(35)37-3)20(16-9-7-15(12-30)8-10-16)21(23(33)34)22(31)32(13)18-6-4-5-17(11-18)26(27,28)29/h4-11,14,20H,31H2,1-3H3,(H,33,34)/t14-,20?/m0/s1. The summed E-state index contributed by atoms with van der Waals surface area (Å²) in [6.45, 7) is 2.61. The molecule has 3 N–H and O–H groups in total. The van der Waals surface area contributed by atoms with E-state index in [1.165, 1.54) is 44.2 Å². The first kappa shape index (κ1) is 27.8. The Labute approximate surface area is 215 Å². The molecule has 12 heteroatoms. The number of esters is 2. The van der Waals surface area contributed by atoms with Gasteiger partial charge in [0.1, 0.15) is 5.82 Å². The average molecular weight is 529 g/mol. The van der Waals surface area contributed by atoms with Gasteiger partial charge in [-0.05, 0) is 49.7 Å². The first-order chi connectivity index (χ1) is 17.8. The van der Waals surface area contributed by atoms with E-state index in [0.29, 0.717) is 0 Å². The number of nitrogens with zero attached hydrogens (tertiary/aromatic N) is 2. The number of carbonyl (C=O) groups is 3. The maximum absolute atomic E-state index is 13.4. The molecule has 0 amide bonds. The van der Waals surface area contributed by atoms with E-state index in [1.807, 2.05) is 6.07 Å². The summed E-state index contributed by atoms with van der Waals surface area (Å²) in [5.41, 5.74) is 4.75. The number of hydrogen-bond donors (Lipinski definition) is 2. The molecule has 0 saturated heterocycles. The summed E-state index contributed by atoms with van der Waals surface area (Å²) >= 11 is 0. The number of aliphatic carboxylic acids is 1. The fourth-order valence-corrected chi connectivity index (χ4v) is 4.10. The van der Waals surface area contributed by atoms with Crippen molar-refractivity contribution in [2.24, 2.45) is 5.73 Å². The maximum atomic E-state index is 13.4. The number of anilines is 1. The zero-order valence-corrected chi connectivity index (χ0v) is 20.4. The van der Waals surface area contributed by atoms with Crippen LogP contribution in [0.2, 0.25) is 0 Å². The monoisotopic (exact) mass is 529 g/mol. The zero-order chi connectivity index (χ0) is 28.4. The molecule has 0 spiro atoms. The lowest BCUT2D eigenvalue weighted by Crippen LogP contribution is -2.40. The molecule has 0 bridgehead atoms. The summed E-state index contributed by atoms with van der Waals surface area (Å²) in [4.78, 5) is 38.8. The number of halogens is 3. The van der Waals surface area contributed by atoms with Crippen molar-refractivity contribution in [3.05, 3.63) is 87.9 Å². The topological polar surface area (TPSA) is 143 Å². The van der Waals surface area contributed by atoms with Gasteiger partial charge < -0.3 is 25.2 Å². The Morgan fingerprint density at radius 1 is 1.13 bits per heavy atom. The van der Waals surface area contributed by atoms with Gasteiger partial charge in [-0.3, -0.25) is 0 Å². The number of rotatable bonds is 6. The highest BCUT2D eigenvalue weighted by molar-refractivity contribution is 6.01. The Morgan fingerprint density at radius 3 is 2.29 bits per heavy atom. The SMILES string of the molecule is COC(=O)[C@H](C)OC(=O)C1=C(C)N(c2cccc(C(F)(F)F)c2)C(N)=C(C(=O)O)C1c1ccc(C#N)cc1. The minimum atomic E-state index is -4.71. The molecule has 9 nitrogen and oxygen atoms in total. The highest BCUT2D eigenvalue weighted by atomic mass is 19.4. The summed E-state index contributed by atoms with van der Waals surface area (Å²) in [6.07, 6.45) is -6.09. The quantitative estimate of drug-likeness (QED) is 0.534. The number of nitrogens with two attached hydrogens (primary N) is 1. The van der Waals surface area contributed by atoms with Crippen molar-refractivity contribution in [3.63, 3.8) is 0 Å². The molecule has 2 aromatic rings. The van der Waals surface area contributed by atoms with Crippen molar-refractivity contribution >= 4 is 23.6 Å². The second-order valence-corrected chi connectivity index (χ2v) is 8.22. The van der Waals surface area contributed by atoms with Crippen LogP contribution >= 0.6 is 0 Å². The van der Waals surface area contributed by atoms with Gasteiger partial charge in [-0.15, -0.1) is 0 Å². The number of methoxy groups -OCH3 is 1. The number of nitriles is 1. The second-order valence-electron chi connectivity index (χ2n) is 8.22. The summed E-state index contributed by atoms with van der Waals surface area (Å²) in [5.74, 6) is -5.32. The van der Waals surface area contributed by atoms with E-state index in [2.05, 4.69) is 4.74 Å². The normalized spacial score (nSPS) is 16.6. The van der Waals surface area contributed by atoms with Crippen LogP contribution in [0.5, 0.6) is 0 Å². The molecule has 198 valence electrons. The minimum absolute atomic E-state index is 0.0248. The lowest BCUT2D eigenvalue weighted by molar-refractivity contribution is -0.162. The van der Waals surface area contributed by atoms with Crippen LogP contribution < -0.4 is 10.6 Å². The Hall–Kier alpha value is -4.79. The third kappa shape index (κ3) is 5.31. The van der Waals surface area contributed by atoms with Crippen LogP contribution in [0.15, 0.2) is 71.2 Å². The van der Waals surface area contributed by atoms with Crippen molar-refractivity contribution < 1.29 is 42.1 Å². The van der Waals surface area contributed by atoms with E-state index in [1.54, 1.807) is 0 Å². The number of hydrogen-bond acceptors (Lipinski definition) is 8. The van der Waals surface area contributed by atoms with Crippen LogP contribution in [0, 0.1) is 11.3 Å². The number of carboxylic acids is 1. The molecule has 2 atom stereocenters. The number of alkyl halides is 3. The van der Waals surface area contributed by atoms with Gasteiger partial charge in [-0.2, -0.15) is 18.4 Å². The predicted octanol–water partition coefficient (Wildman–Crippen LogP) is 3.81. The largest absolute Gasteiger partial charge is 0.478 e. The Bertz CT molecular complexity index is 1390. The highest BCUT2D eigenvalue weighted by Crippen LogP contribution is 2.44. The number of benzene rings is 2. The van der Waals surface area contributed by atoms with Gasteiger partial charge in [-0.25, -0.2) is 14.4 Å². The molecule has 1 aliphatic heterocycles. The minimum Gasteiger partial charge on any atom is -0.478 e. The molecule has 1 heterocycles. The van der Waals surface area contributed by atoms with Crippen molar-refractivity contribution in [2.75, 3.05) is 12.0 Å². The van der Waals surface area contributed by atoms with Crippen LogP contribution in [-0.4, -0.2) is 36.2 Å². The molecule has 1 unspecified atom stereocenters. The van der Waals surface area contributed by atoms with Crippen molar-refractivity contribution in [3.8, 4) is 6.07 Å². The van der Waals surface area contributed by atoms with E-state index in [0.717, 1.165) is 30.2 Å². The lowest BCUT2D eigenvalue weighted by Gasteiger charge is -2.37. The van der Waals surface area contributed by atoms with Crippen molar-refractivity contribution in [2.45, 2.75) is 32.0 Å². The molecular weight excluding hydrogens is 507 g/mol. The van der Waals surface area contributed by atoms with Crippen LogP contribution in [0.4, 0.5) is 18.9 Å². The van der Waals surface area contributed by atoms with E-state index >= 15 is 0 Å². The van der Waals surface area contributed by atoms with Crippen LogP contribution in [0.25, 0.3) is 0 Å². The van der Waals surface area contributed by atoms with Gasteiger partial charge >= 0.3 is 24.1 Å². The first-order valence-corrected chi connectivity index (χ1v) is 11.0. The van der Waals surface area contributed by atoms with Crippen LogP contribution in [0.1, 0.15) is 36.5 Å². The predicted molar refractivity (Wildman–Crippen MR) is 127 cm³/mol. The first-order valence-electron chi connectivity index (χ1n) is 11.0. The molecule has 2 aromatic carbocycles. The number of allylic oxidation sites excluding steroid dienone is 1. The molecule has 0 radical (unpaired) electrons. The van der Waals surface area contributed by atoms with Crippen molar-refractivity contribution in [1.29, 1.82) is 5.26 Å². The third-order valence-corrected chi connectivity index (χ3v) is 5.89. The molecule has 0 aliphatic carbocycles. The molecule has 0 aromatic heterocycles. The zero-order valence-electron chi connectivity index (χ0n) is 20.4. The van der Waals surface area contributed by atoms with Gasteiger partial charge in [0, 0.05) is 11.4 Å². The van der Waals surface area contributed by atoms with Crippen LogP contribution in [-0.2, 0) is 30.0 Å². The summed E-state index contributed by atoms with van der Waals surface area (Å²) in [5, 5.41) is 19.3. The van der Waals surface area contributed by atoms with Gasteiger partial charge in [0.15, 0.2) is 6.10 Å². The van der Waals surface area contributed by atoms with E-state index < -0.39 is 53.1 Å². The number of carbonyl (C=O) groups excluding carboxylic acids is 2. The fourth-order valence-electron chi connectivity index (χ4n) is 4.10. The van der Waals surface area contributed by atoms with Gasteiger partial charge in [-0.1, -0.05) is 18.2 Å². The third-order valence-electron chi connectivity index (χ3n) is 5.89. The van der Waals surface area contributed by atoms with Gasteiger partial charge in [0.2, 0.25) is 0 Å². The summed E-state index contributed by atoms with van der Waals surface area (Å²) in [6, 6.07) is 11.5. The summed E-state index contributed by atoms with van der Waals surface area (Å²) in [7, 11) is 1.08. The van der Waals surface area contributed by atoms with E-state index in [4.69, 9.17) is 15.7 Å². The Balaban J connectivity index is 2.30. The Morgan fingerprint density at radius 2 is 1.76 bits per heavy atom. The van der Waals surface area contributed by atoms with Gasteiger partial charge in [0.25, 0.3) is 0 Å². The average Bonchev–Trinajstić information content (AvgIpc) is 2.87. The van der Waals surface area contributed by atoms with E-state index in [-0.39, 0.29) is 28.1 Å². The van der Waals surface area contributed by atoms with Crippen LogP contribution in [0.3, 0.4) is 0 Å². The molecule has 0 fully saturated rings. The summed E-state index contributed by atoms with van der Waals surface area (Å²) < 4.78 is 50.1. The molecule has 3 rings (SSSR count). The molecule has 0 saturated carbocycles. The van der Waals surface area contributed by atoms with Gasteiger partial charge in [0.05, 0.1) is 41.4 Å². The van der Waals surface area contributed by atoms with E-state index in [9.17, 15) is 32.7 Å². The Kier molecular flexibility index (Phi) is 7.81. The number of carboxylic acid groups (broad SMARTS) is 1. The molecular formula is C26H22F3N3O6. The maximum Gasteiger partial charge on any atom is 0.416 e. The lowest BCUT2D eigenvalue weighted by atomic mass is 9.80. The molecule has 1 aliphatic rings. The number of ether oxygens (including phenoxy) is 2. The second kappa shape index (κ2) is 10.7. The van der Waals surface area contributed by atoms with Crippen molar-refractivity contribution in [1.82, 2.24) is 0 Å². The fraction of sp³-hybridized carbons (Fsp3) is 0.231. The highest BCUT2D eigenvalue weighted by Gasteiger charge is 2.42.